The SMILES string of the molecule is CC(C)CNC(=O)CNC(=O)c1ccc2c(c1)CNC2. The Hall–Kier alpha value is -1.88. The minimum absolute atomic E-state index is 0.0148. The van der Waals surface area contributed by atoms with Gasteiger partial charge in [-0.15, -0.1) is 0 Å². The van der Waals surface area contributed by atoms with Crippen LogP contribution in [0.4, 0.5) is 0 Å². The molecule has 0 radical (unpaired) electrons. The second-order valence-electron chi connectivity index (χ2n) is 5.47. The van der Waals surface area contributed by atoms with Crippen LogP contribution in [-0.2, 0) is 17.9 Å². The van der Waals surface area contributed by atoms with Crippen LogP contribution in [0.3, 0.4) is 0 Å². The third-order valence-corrected chi connectivity index (χ3v) is 3.22. The lowest BCUT2D eigenvalue weighted by molar-refractivity contribution is -0.120. The van der Waals surface area contributed by atoms with E-state index in [-0.39, 0.29) is 18.4 Å². The van der Waals surface area contributed by atoms with Crippen molar-refractivity contribution in [2.24, 2.45) is 5.92 Å². The third kappa shape index (κ3) is 3.81. The van der Waals surface area contributed by atoms with Crippen molar-refractivity contribution < 1.29 is 9.59 Å². The molecule has 0 unspecified atom stereocenters. The van der Waals surface area contributed by atoms with Crippen molar-refractivity contribution >= 4 is 11.8 Å². The van der Waals surface area contributed by atoms with E-state index in [2.05, 4.69) is 16.0 Å². The van der Waals surface area contributed by atoms with Crippen molar-refractivity contribution in [3.63, 3.8) is 0 Å². The highest BCUT2D eigenvalue weighted by atomic mass is 16.2. The van der Waals surface area contributed by atoms with E-state index in [0.29, 0.717) is 18.0 Å². The summed E-state index contributed by atoms with van der Waals surface area (Å²) in [5, 5.41) is 8.64. The van der Waals surface area contributed by atoms with Crippen LogP contribution in [0, 0.1) is 5.92 Å². The molecule has 2 rings (SSSR count). The van der Waals surface area contributed by atoms with E-state index in [9.17, 15) is 9.59 Å². The Morgan fingerprint density at radius 3 is 2.70 bits per heavy atom. The molecule has 0 fully saturated rings. The van der Waals surface area contributed by atoms with Crippen LogP contribution >= 0.6 is 0 Å². The zero-order chi connectivity index (χ0) is 14.5. The summed E-state index contributed by atoms with van der Waals surface area (Å²) in [6.07, 6.45) is 0. The summed E-state index contributed by atoms with van der Waals surface area (Å²) in [7, 11) is 0. The molecule has 1 heterocycles. The Bertz CT molecular complexity index is 512. The van der Waals surface area contributed by atoms with Gasteiger partial charge in [0.1, 0.15) is 0 Å². The van der Waals surface area contributed by atoms with Crippen LogP contribution < -0.4 is 16.0 Å². The number of fused-ring (bicyclic) bond motifs is 1. The summed E-state index contributed by atoms with van der Waals surface area (Å²) in [5.74, 6) is 0.0353. The molecule has 1 aliphatic heterocycles. The smallest absolute Gasteiger partial charge is 0.251 e. The molecule has 108 valence electrons. The number of amides is 2. The van der Waals surface area contributed by atoms with Crippen LogP contribution in [0.15, 0.2) is 18.2 Å². The minimum Gasteiger partial charge on any atom is -0.354 e. The van der Waals surface area contributed by atoms with Crippen molar-refractivity contribution in [2.45, 2.75) is 26.9 Å². The summed E-state index contributed by atoms with van der Waals surface area (Å²) in [5.41, 5.74) is 2.99. The van der Waals surface area contributed by atoms with Crippen LogP contribution in [-0.4, -0.2) is 24.9 Å². The van der Waals surface area contributed by atoms with Crippen LogP contribution in [0.25, 0.3) is 0 Å². The fourth-order valence-electron chi connectivity index (χ4n) is 2.08. The average Bonchev–Trinajstić information content (AvgIpc) is 2.89. The van der Waals surface area contributed by atoms with Gasteiger partial charge in [0.15, 0.2) is 0 Å². The van der Waals surface area contributed by atoms with E-state index in [1.54, 1.807) is 6.07 Å². The quantitative estimate of drug-likeness (QED) is 0.744. The topological polar surface area (TPSA) is 70.2 Å². The first-order valence-corrected chi connectivity index (χ1v) is 6.93. The maximum Gasteiger partial charge on any atom is 0.251 e. The minimum atomic E-state index is -0.209. The molecule has 5 heteroatoms. The highest BCUT2D eigenvalue weighted by molar-refractivity contribution is 5.96. The summed E-state index contributed by atoms with van der Waals surface area (Å²) >= 11 is 0. The molecule has 0 bridgehead atoms. The molecule has 0 atom stereocenters. The van der Waals surface area contributed by atoms with E-state index >= 15 is 0 Å². The van der Waals surface area contributed by atoms with Gasteiger partial charge in [-0.1, -0.05) is 19.9 Å². The van der Waals surface area contributed by atoms with Crippen molar-refractivity contribution in [3.05, 3.63) is 34.9 Å². The lowest BCUT2D eigenvalue weighted by Gasteiger charge is -2.09. The van der Waals surface area contributed by atoms with E-state index in [0.717, 1.165) is 18.7 Å². The molecule has 1 aromatic rings. The predicted molar refractivity (Wildman–Crippen MR) is 77.2 cm³/mol. The third-order valence-electron chi connectivity index (χ3n) is 3.22. The number of carbonyl (C=O) groups is 2. The summed E-state index contributed by atoms with van der Waals surface area (Å²) in [4.78, 5) is 23.5. The van der Waals surface area contributed by atoms with Gasteiger partial charge in [-0.25, -0.2) is 0 Å². The van der Waals surface area contributed by atoms with Crippen LogP contribution in [0.1, 0.15) is 35.3 Å². The number of hydrogen-bond acceptors (Lipinski definition) is 3. The van der Waals surface area contributed by atoms with Gasteiger partial charge in [0.25, 0.3) is 5.91 Å². The molecule has 0 aromatic heterocycles. The molecule has 3 N–H and O–H groups in total. The summed E-state index contributed by atoms with van der Waals surface area (Å²) < 4.78 is 0. The zero-order valence-electron chi connectivity index (χ0n) is 12.0. The van der Waals surface area contributed by atoms with E-state index in [1.807, 2.05) is 26.0 Å². The maximum absolute atomic E-state index is 12.0. The van der Waals surface area contributed by atoms with Crippen molar-refractivity contribution in [3.8, 4) is 0 Å². The molecule has 0 saturated heterocycles. The fourth-order valence-corrected chi connectivity index (χ4v) is 2.08. The Morgan fingerprint density at radius 1 is 1.20 bits per heavy atom. The Labute approximate surface area is 119 Å². The lowest BCUT2D eigenvalue weighted by Crippen LogP contribution is -2.38. The Kier molecular flexibility index (Phi) is 4.74. The van der Waals surface area contributed by atoms with Crippen molar-refractivity contribution in [1.29, 1.82) is 0 Å². The molecular weight excluding hydrogens is 254 g/mol. The molecule has 0 spiro atoms. The number of rotatable bonds is 5. The standard InChI is InChI=1S/C15H21N3O2/c1-10(2)6-17-14(19)9-18-15(20)11-3-4-12-7-16-8-13(12)5-11/h3-5,10,16H,6-9H2,1-2H3,(H,17,19)(H,18,20). The normalized spacial score (nSPS) is 13.2. The fraction of sp³-hybridized carbons (Fsp3) is 0.467. The molecule has 1 aromatic carbocycles. The molecule has 20 heavy (non-hydrogen) atoms. The highest BCUT2D eigenvalue weighted by Gasteiger charge is 2.14. The zero-order valence-corrected chi connectivity index (χ0v) is 12.0. The highest BCUT2D eigenvalue weighted by Crippen LogP contribution is 2.16. The van der Waals surface area contributed by atoms with Crippen molar-refractivity contribution in [2.75, 3.05) is 13.1 Å². The number of benzene rings is 1. The number of hydrogen-bond donors (Lipinski definition) is 3. The van der Waals surface area contributed by atoms with E-state index in [4.69, 9.17) is 0 Å². The van der Waals surface area contributed by atoms with Gasteiger partial charge < -0.3 is 16.0 Å². The van der Waals surface area contributed by atoms with Gasteiger partial charge >= 0.3 is 0 Å². The molecule has 5 nitrogen and oxygen atoms in total. The lowest BCUT2D eigenvalue weighted by atomic mass is 10.1. The van der Waals surface area contributed by atoms with Crippen LogP contribution in [0.2, 0.25) is 0 Å². The molecule has 0 saturated carbocycles. The summed E-state index contributed by atoms with van der Waals surface area (Å²) in [6, 6.07) is 5.65. The van der Waals surface area contributed by atoms with Crippen LogP contribution in [0.5, 0.6) is 0 Å². The number of nitrogens with one attached hydrogen (secondary N) is 3. The molecule has 0 aliphatic carbocycles. The van der Waals surface area contributed by atoms with E-state index < -0.39 is 0 Å². The molecular formula is C15H21N3O2. The van der Waals surface area contributed by atoms with Gasteiger partial charge in [0.2, 0.25) is 5.91 Å². The van der Waals surface area contributed by atoms with E-state index in [1.165, 1.54) is 5.56 Å². The largest absolute Gasteiger partial charge is 0.354 e. The molecule has 2 amide bonds. The first-order valence-electron chi connectivity index (χ1n) is 6.93. The summed E-state index contributed by atoms with van der Waals surface area (Å²) in [6.45, 7) is 6.34. The molecule has 1 aliphatic rings. The first-order chi connectivity index (χ1) is 9.56. The van der Waals surface area contributed by atoms with Gasteiger partial charge in [0.05, 0.1) is 6.54 Å². The van der Waals surface area contributed by atoms with Gasteiger partial charge in [-0.3, -0.25) is 9.59 Å². The maximum atomic E-state index is 12.0. The second kappa shape index (κ2) is 6.52. The van der Waals surface area contributed by atoms with Gasteiger partial charge in [-0.2, -0.15) is 0 Å². The number of carbonyl (C=O) groups excluding carboxylic acids is 2. The Morgan fingerprint density at radius 2 is 1.95 bits per heavy atom. The van der Waals surface area contributed by atoms with Gasteiger partial charge in [0, 0.05) is 25.2 Å². The van der Waals surface area contributed by atoms with Crippen molar-refractivity contribution in [1.82, 2.24) is 16.0 Å². The average molecular weight is 275 g/mol. The van der Waals surface area contributed by atoms with Gasteiger partial charge in [-0.05, 0) is 29.2 Å². The predicted octanol–water partition coefficient (Wildman–Crippen LogP) is 0.792. The monoisotopic (exact) mass is 275 g/mol. The Balaban J connectivity index is 1.84. The first kappa shape index (κ1) is 14.5. The second-order valence-corrected chi connectivity index (χ2v) is 5.47.